The summed E-state index contributed by atoms with van der Waals surface area (Å²) in [6, 6.07) is 9.30. The smallest absolute Gasteiger partial charge is 0.410 e. The Labute approximate surface area is 141 Å². The number of amides is 1. The van der Waals surface area contributed by atoms with Gasteiger partial charge in [-0.15, -0.1) is 0 Å². The lowest BCUT2D eigenvalue weighted by Crippen LogP contribution is -2.52. The zero-order valence-electron chi connectivity index (χ0n) is 13.6. The molecule has 3 atom stereocenters. The number of carbonyl (C=O) groups is 2. The van der Waals surface area contributed by atoms with Crippen molar-refractivity contribution in [2.45, 2.75) is 44.4 Å². The van der Waals surface area contributed by atoms with Gasteiger partial charge in [0.05, 0.1) is 18.1 Å². The van der Waals surface area contributed by atoms with E-state index in [9.17, 15) is 14.7 Å². The maximum atomic E-state index is 12.5. The third-order valence-electron chi connectivity index (χ3n) is 4.83. The maximum Gasteiger partial charge on any atom is 0.410 e. The van der Waals surface area contributed by atoms with Crippen LogP contribution in [-0.4, -0.2) is 47.4 Å². The number of ether oxygens (including phenoxy) is 2. The predicted octanol–water partition coefficient (Wildman–Crippen LogP) is 2.67. The van der Waals surface area contributed by atoms with E-state index in [1.54, 1.807) is 4.90 Å². The van der Waals surface area contributed by atoms with Crippen LogP contribution in [0.3, 0.4) is 0 Å². The molecular weight excluding hydrogens is 310 g/mol. The molecule has 3 rings (SSSR count). The predicted molar refractivity (Wildman–Crippen MR) is 86.5 cm³/mol. The Balaban J connectivity index is 1.64. The molecule has 1 aromatic carbocycles. The van der Waals surface area contributed by atoms with E-state index < -0.39 is 11.9 Å². The molecule has 1 N–H and O–H groups in total. The summed E-state index contributed by atoms with van der Waals surface area (Å²) in [6.45, 7) is 1.29. The molecule has 2 saturated heterocycles. The van der Waals surface area contributed by atoms with Gasteiger partial charge in [-0.25, -0.2) is 4.79 Å². The van der Waals surface area contributed by atoms with Gasteiger partial charge in [-0.05, 0) is 31.2 Å². The first kappa shape index (κ1) is 16.8. The zero-order chi connectivity index (χ0) is 16.9. The van der Waals surface area contributed by atoms with Crippen molar-refractivity contribution in [1.82, 2.24) is 4.90 Å². The van der Waals surface area contributed by atoms with E-state index in [0.717, 1.165) is 18.4 Å². The van der Waals surface area contributed by atoms with E-state index in [2.05, 4.69) is 0 Å². The van der Waals surface area contributed by atoms with Gasteiger partial charge in [-0.3, -0.25) is 4.79 Å². The maximum absolute atomic E-state index is 12.5. The molecule has 3 unspecified atom stereocenters. The fourth-order valence-electron chi connectivity index (χ4n) is 3.51. The molecule has 2 aliphatic rings. The summed E-state index contributed by atoms with van der Waals surface area (Å²) < 4.78 is 11.2. The number of piperidine rings is 1. The van der Waals surface area contributed by atoms with Crippen LogP contribution in [0.15, 0.2) is 30.3 Å². The van der Waals surface area contributed by atoms with Crippen LogP contribution < -0.4 is 0 Å². The second-order valence-electron chi connectivity index (χ2n) is 6.41. The number of nitrogens with zero attached hydrogens (tertiary/aromatic N) is 1. The fourth-order valence-corrected chi connectivity index (χ4v) is 3.51. The van der Waals surface area contributed by atoms with Crippen LogP contribution in [0, 0.1) is 5.92 Å². The highest BCUT2D eigenvalue weighted by Crippen LogP contribution is 2.31. The van der Waals surface area contributed by atoms with Crippen molar-refractivity contribution in [3.63, 3.8) is 0 Å². The molecule has 0 aliphatic carbocycles. The highest BCUT2D eigenvalue weighted by Gasteiger charge is 2.41. The Morgan fingerprint density at radius 3 is 2.71 bits per heavy atom. The zero-order valence-corrected chi connectivity index (χ0v) is 13.6. The number of aliphatic carboxylic acids is 1. The topological polar surface area (TPSA) is 76.1 Å². The molecule has 0 radical (unpaired) electrons. The number of carboxylic acids is 1. The van der Waals surface area contributed by atoms with Crippen LogP contribution in [0.1, 0.15) is 31.2 Å². The molecule has 6 heteroatoms. The molecule has 1 aromatic rings. The normalized spacial score (nSPS) is 27.0. The molecule has 6 nitrogen and oxygen atoms in total. The Bertz CT molecular complexity index is 570. The second kappa shape index (κ2) is 7.66. The molecular formula is C18H23NO5. The Hall–Kier alpha value is -2.08. The first-order valence-electron chi connectivity index (χ1n) is 8.47. The Morgan fingerprint density at radius 2 is 2.04 bits per heavy atom. The molecule has 2 heterocycles. The Kier molecular flexibility index (Phi) is 5.35. The highest BCUT2D eigenvalue weighted by atomic mass is 16.6. The lowest BCUT2D eigenvalue weighted by molar-refractivity contribution is -0.144. The molecule has 2 aliphatic heterocycles. The lowest BCUT2D eigenvalue weighted by Gasteiger charge is -2.40. The van der Waals surface area contributed by atoms with Gasteiger partial charge in [0.2, 0.25) is 0 Å². The molecule has 130 valence electrons. The second-order valence-corrected chi connectivity index (χ2v) is 6.41. The first-order chi connectivity index (χ1) is 11.6. The summed E-state index contributed by atoms with van der Waals surface area (Å²) in [6.07, 6.45) is 2.23. The number of benzene rings is 1. The Morgan fingerprint density at radius 1 is 1.25 bits per heavy atom. The summed E-state index contributed by atoms with van der Waals surface area (Å²) in [7, 11) is 0. The van der Waals surface area contributed by atoms with E-state index in [4.69, 9.17) is 9.47 Å². The van der Waals surface area contributed by atoms with E-state index in [-0.39, 0.29) is 24.8 Å². The van der Waals surface area contributed by atoms with Gasteiger partial charge >= 0.3 is 12.1 Å². The standard InChI is InChI=1S/C18H23NO5/c20-17(21)14-8-9-19(15(11-14)16-7-4-10-23-16)18(22)24-12-13-5-2-1-3-6-13/h1-3,5-6,14-16H,4,7-12H2,(H,20,21). The van der Waals surface area contributed by atoms with E-state index in [1.807, 2.05) is 30.3 Å². The van der Waals surface area contributed by atoms with Crippen molar-refractivity contribution in [2.24, 2.45) is 5.92 Å². The van der Waals surface area contributed by atoms with Crippen molar-refractivity contribution in [3.05, 3.63) is 35.9 Å². The van der Waals surface area contributed by atoms with Gasteiger partial charge in [0.1, 0.15) is 6.61 Å². The molecule has 24 heavy (non-hydrogen) atoms. The van der Waals surface area contributed by atoms with Crippen molar-refractivity contribution in [3.8, 4) is 0 Å². The quantitative estimate of drug-likeness (QED) is 0.917. The van der Waals surface area contributed by atoms with Crippen molar-refractivity contribution < 1.29 is 24.2 Å². The number of likely N-dealkylation sites (tertiary alicyclic amines) is 1. The molecule has 0 spiro atoms. The van der Waals surface area contributed by atoms with Gasteiger partial charge in [0.25, 0.3) is 0 Å². The summed E-state index contributed by atoms with van der Waals surface area (Å²) in [4.78, 5) is 25.5. The van der Waals surface area contributed by atoms with Crippen molar-refractivity contribution in [1.29, 1.82) is 0 Å². The summed E-state index contributed by atoms with van der Waals surface area (Å²) in [5.41, 5.74) is 0.930. The van der Waals surface area contributed by atoms with Crippen molar-refractivity contribution >= 4 is 12.1 Å². The number of hydrogen-bond donors (Lipinski definition) is 1. The minimum Gasteiger partial charge on any atom is -0.481 e. The summed E-state index contributed by atoms with van der Waals surface area (Å²) in [5.74, 6) is -1.22. The molecule has 0 saturated carbocycles. The van der Waals surface area contributed by atoms with Crippen LogP contribution in [0.2, 0.25) is 0 Å². The molecule has 0 bridgehead atoms. The van der Waals surface area contributed by atoms with Gasteiger partial charge in [-0.2, -0.15) is 0 Å². The van der Waals surface area contributed by atoms with Crippen molar-refractivity contribution in [2.75, 3.05) is 13.2 Å². The fraction of sp³-hybridized carbons (Fsp3) is 0.556. The van der Waals surface area contributed by atoms with E-state index in [1.165, 1.54) is 0 Å². The summed E-state index contributed by atoms with van der Waals surface area (Å²) in [5, 5.41) is 9.30. The number of rotatable bonds is 4. The van der Waals surface area contributed by atoms with Gasteiger partial charge in [-0.1, -0.05) is 30.3 Å². The van der Waals surface area contributed by atoms with E-state index in [0.29, 0.717) is 26.0 Å². The van der Waals surface area contributed by atoms with Crippen LogP contribution in [0.25, 0.3) is 0 Å². The third-order valence-corrected chi connectivity index (χ3v) is 4.83. The third kappa shape index (κ3) is 3.87. The van der Waals surface area contributed by atoms with Gasteiger partial charge in [0, 0.05) is 13.2 Å². The van der Waals surface area contributed by atoms with Crippen LogP contribution in [0.4, 0.5) is 4.79 Å². The molecule has 1 amide bonds. The number of carboxylic acid groups (broad SMARTS) is 1. The van der Waals surface area contributed by atoms with Gasteiger partial charge < -0.3 is 19.5 Å². The lowest BCUT2D eigenvalue weighted by atomic mass is 9.87. The van der Waals surface area contributed by atoms with Crippen LogP contribution in [-0.2, 0) is 20.9 Å². The number of hydrogen-bond acceptors (Lipinski definition) is 4. The minimum absolute atomic E-state index is 0.0866. The SMILES string of the molecule is O=C(O)C1CCN(C(=O)OCc2ccccc2)C(C2CCCO2)C1. The first-order valence-corrected chi connectivity index (χ1v) is 8.47. The van der Waals surface area contributed by atoms with E-state index >= 15 is 0 Å². The average molecular weight is 333 g/mol. The average Bonchev–Trinajstić information content (AvgIpc) is 3.14. The molecule has 0 aromatic heterocycles. The van der Waals surface area contributed by atoms with Crippen LogP contribution in [0.5, 0.6) is 0 Å². The monoisotopic (exact) mass is 333 g/mol. The summed E-state index contributed by atoms with van der Waals surface area (Å²) >= 11 is 0. The largest absolute Gasteiger partial charge is 0.481 e. The van der Waals surface area contributed by atoms with Gasteiger partial charge in [0.15, 0.2) is 0 Å². The number of carbonyl (C=O) groups excluding carboxylic acids is 1. The van der Waals surface area contributed by atoms with Crippen LogP contribution >= 0.6 is 0 Å². The minimum atomic E-state index is -0.796. The molecule has 2 fully saturated rings. The highest BCUT2D eigenvalue weighted by molar-refractivity contribution is 5.72.